The van der Waals surface area contributed by atoms with Gasteiger partial charge in [-0.05, 0) is 39.8 Å². The van der Waals surface area contributed by atoms with Gasteiger partial charge in [-0.3, -0.25) is 0 Å². The van der Waals surface area contributed by atoms with Gasteiger partial charge in [-0.25, -0.2) is 8.42 Å². The van der Waals surface area contributed by atoms with Crippen LogP contribution in [0.4, 0.5) is 0 Å². The lowest BCUT2D eigenvalue weighted by Gasteiger charge is -2.39. The van der Waals surface area contributed by atoms with Crippen LogP contribution < -0.4 is 5.32 Å². The van der Waals surface area contributed by atoms with Crippen LogP contribution in [0.2, 0.25) is 0 Å². The highest BCUT2D eigenvalue weighted by Gasteiger charge is 2.36. The molecule has 0 aromatic heterocycles. The lowest BCUT2D eigenvalue weighted by molar-refractivity contribution is 0.155. The Morgan fingerprint density at radius 2 is 2.22 bits per heavy atom. The Hall–Kier alpha value is -0.640. The molecule has 1 aliphatic carbocycles. The summed E-state index contributed by atoms with van der Waals surface area (Å²) < 4.78 is 22.3. The number of nitrogens with zero attached hydrogens (tertiary/aromatic N) is 2. The molecule has 2 atom stereocenters. The van der Waals surface area contributed by atoms with Crippen LogP contribution >= 0.6 is 0 Å². The molecule has 18 heavy (non-hydrogen) atoms. The molecule has 0 aromatic rings. The van der Waals surface area contributed by atoms with Crippen molar-refractivity contribution in [1.82, 2.24) is 10.2 Å². The molecule has 0 spiro atoms. The Morgan fingerprint density at radius 3 is 2.72 bits per heavy atom. The number of nitriles is 1. The van der Waals surface area contributed by atoms with E-state index < -0.39 is 15.4 Å². The molecule has 2 unspecified atom stereocenters. The molecule has 104 valence electrons. The van der Waals surface area contributed by atoms with E-state index in [9.17, 15) is 13.7 Å². The van der Waals surface area contributed by atoms with Crippen LogP contribution in [-0.4, -0.2) is 57.5 Å². The molecule has 1 rings (SSSR count). The highest BCUT2D eigenvalue weighted by atomic mass is 32.2. The molecule has 5 nitrogen and oxygen atoms in total. The zero-order valence-corrected chi connectivity index (χ0v) is 12.3. The molecule has 6 heteroatoms. The number of rotatable bonds is 5. The lowest BCUT2D eigenvalue weighted by atomic mass is 9.79. The van der Waals surface area contributed by atoms with E-state index >= 15 is 0 Å². The summed E-state index contributed by atoms with van der Waals surface area (Å²) in [6, 6.07) is 2.65. The third-order valence-corrected chi connectivity index (χ3v) is 4.78. The van der Waals surface area contributed by atoms with Gasteiger partial charge in [0.1, 0.15) is 15.4 Å². The summed E-state index contributed by atoms with van der Waals surface area (Å²) in [6.45, 7) is 0.536. The summed E-state index contributed by atoms with van der Waals surface area (Å²) >= 11 is 0. The van der Waals surface area contributed by atoms with E-state index in [4.69, 9.17) is 0 Å². The largest absolute Gasteiger partial charge is 0.302 e. The average molecular weight is 273 g/mol. The van der Waals surface area contributed by atoms with Gasteiger partial charge in [0.2, 0.25) is 0 Å². The van der Waals surface area contributed by atoms with Crippen molar-refractivity contribution in [3.8, 4) is 6.07 Å². The summed E-state index contributed by atoms with van der Waals surface area (Å²) in [5, 5.41) is 12.4. The van der Waals surface area contributed by atoms with Gasteiger partial charge in [-0.1, -0.05) is 0 Å². The number of hydrogen-bond donors (Lipinski definition) is 1. The van der Waals surface area contributed by atoms with Crippen LogP contribution in [0.25, 0.3) is 0 Å². The lowest BCUT2D eigenvalue weighted by Crippen LogP contribution is -2.51. The standard InChI is InChI=1S/C12H23N3O2S/c1-14-12(10-13)6-4-5-11(9-12)15(2)7-8-18(3,16)17/h11,14H,4-9H2,1-3H3. The molecule has 0 aromatic carbocycles. The van der Waals surface area contributed by atoms with Crippen molar-refractivity contribution < 1.29 is 8.42 Å². The van der Waals surface area contributed by atoms with Gasteiger partial charge in [-0.15, -0.1) is 0 Å². The molecule has 1 fully saturated rings. The minimum atomic E-state index is -2.92. The number of hydrogen-bond acceptors (Lipinski definition) is 5. The maximum atomic E-state index is 11.2. The fraction of sp³-hybridized carbons (Fsp3) is 0.917. The van der Waals surface area contributed by atoms with Crippen molar-refractivity contribution >= 4 is 9.84 Å². The molecule has 0 aliphatic heterocycles. The molecule has 0 saturated heterocycles. The average Bonchev–Trinajstić information content (AvgIpc) is 2.35. The van der Waals surface area contributed by atoms with E-state index in [1.165, 1.54) is 6.26 Å². The van der Waals surface area contributed by atoms with Crippen LogP contribution in [0.1, 0.15) is 25.7 Å². The first-order valence-corrected chi connectivity index (χ1v) is 8.36. The molecular formula is C12H23N3O2S. The van der Waals surface area contributed by atoms with Crippen molar-refractivity contribution in [2.45, 2.75) is 37.3 Å². The minimum Gasteiger partial charge on any atom is -0.302 e. The maximum absolute atomic E-state index is 11.2. The van der Waals surface area contributed by atoms with Crippen molar-refractivity contribution in [1.29, 1.82) is 5.26 Å². The van der Waals surface area contributed by atoms with Crippen LogP contribution in [0.15, 0.2) is 0 Å². The fourth-order valence-electron chi connectivity index (χ4n) is 2.50. The molecule has 0 amide bonds. The highest BCUT2D eigenvalue weighted by molar-refractivity contribution is 7.90. The molecule has 1 aliphatic rings. The maximum Gasteiger partial charge on any atom is 0.148 e. The second-order valence-corrected chi connectivity index (χ2v) is 7.56. The third-order valence-electron chi connectivity index (χ3n) is 3.86. The van der Waals surface area contributed by atoms with Crippen LogP contribution in [0.5, 0.6) is 0 Å². The van der Waals surface area contributed by atoms with E-state index in [1.54, 1.807) is 0 Å². The third kappa shape index (κ3) is 4.23. The summed E-state index contributed by atoms with van der Waals surface area (Å²) in [6.07, 6.45) is 4.93. The summed E-state index contributed by atoms with van der Waals surface area (Å²) in [5.41, 5.74) is -0.442. The Balaban J connectivity index is 2.59. The van der Waals surface area contributed by atoms with Crippen LogP contribution in [-0.2, 0) is 9.84 Å². The van der Waals surface area contributed by atoms with Gasteiger partial charge in [0.25, 0.3) is 0 Å². The zero-order chi connectivity index (χ0) is 13.8. The Labute approximate surface area is 110 Å². The molecule has 1 N–H and O–H groups in total. The van der Waals surface area contributed by atoms with Gasteiger partial charge in [0.15, 0.2) is 0 Å². The monoisotopic (exact) mass is 273 g/mol. The topological polar surface area (TPSA) is 73.2 Å². The summed E-state index contributed by atoms with van der Waals surface area (Å²) in [5.74, 6) is 0.180. The second kappa shape index (κ2) is 6.00. The molecule has 0 heterocycles. The summed E-state index contributed by atoms with van der Waals surface area (Å²) in [7, 11) is 0.845. The molecule has 1 saturated carbocycles. The van der Waals surface area contributed by atoms with E-state index in [1.807, 2.05) is 14.1 Å². The Morgan fingerprint density at radius 1 is 1.56 bits per heavy atom. The van der Waals surface area contributed by atoms with Crippen LogP contribution in [0.3, 0.4) is 0 Å². The van der Waals surface area contributed by atoms with Crippen molar-refractivity contribution in [2.24, 2.45) is 0 Å². The van der Waals surface area contributed by atoms with Gasteiger partial charge in [-0.2, -0.15) is 5.26 Å². The smallest absolute Gasteiger partial charge is 0.148 e. The molecule has 0 radical (unpaired) electrons. The quantitative estimate of drug-likeness (QED) is 0.784. The second-order valence-electron chi connectivity index (χ2n) is 5.30. The van der Waals surface area contributed by atoms with Gasteiger partial charge < -0.3 is 10.2 Å². The highest BCUT2D eigenvalue weighted by Crippen LogP contribution is 2.30. The van der Waals surface area contributed by atoms with E-state index in [0.717, 1.165) is 25.7 Å². The Bertz CT molecular complexity index is 416. The fourth-order valence-corrected chi connectivity index (χ4v) is 3.12. The predicted octanol–water partition coefficient (Wildman–Crippen LogP) is 0.387. The van der Waals surface area contributed by atoms with E-state index in [2.05, 4.69) is 16.3 Å². The van der Waals surface area contributed by atoms with Crippen molar-refractivity contribution in [3.05, 3.63) is 0 Å². The summed E-state index contributed by atoms with van der Waals surface area (Å²) in [4.78, 5) is 2.07. The normalized spacial score (nSPS) is 29.2. The zero-order valence-electron chi connectivity index (χ0n) is 11.4. The van der Waals surface area contributed by atoms with E-state index in [0.29, 0.717) is 6.54 Å². The van der Waals surface area contributed by atoms with Gasteiger partial charge >= 0.3 is 0 Å². The molecular weight excluding hydrogens is 250 g/mol. The first-order valence-electron chi connectivity index (χ1n) is 6.30. The van der Waals surface area contributed by atoms with Gasteiger partial charge in [0.05, 0.1) is 11.8 Å². The van der Waals surface area contributed by atoms with Crippen LogP contribution in [0, 0.1) is 11.3 Å². The van der Waals surface area contributed by atoms with Crippen molar-refractivity contribution in [3.63, 3.8) is 0 Å². The minimum absolute atomic E-state index is 0.180. The van der Waals surface area contributed by atoms with Gasteiger partial charge in [0, 0.05) is 18.8 Å². The first kappa shape index (κ1) is 15.4. The first-order chi connectivity index (χ1) is 8.32. The SMILES string of the molecule is CNC1(C#N)CCCC(N(C)CCS(C)(=O)=O)C1. The predicted molar refractivity (Wildman–Crippen MR) is 72.0 cm³/mol. The number of sulfone groups is 1. The van der Waals surface area contributed by atoms with Crippen molar-refractivity contribution in [2.75, 3.05) is 32.6 Å². The van der Waals surface area contributed by atoms with E-state index in [-0.39, 0.29) is 11.8 Å². The molecule has 0 bridgehead atoms. The Kier molecular flexibility index (Phi) is 5.14. The number of nitrogens with one attached hydrogen (secondary N) is 1.